The predicted molar refractivity (Wildman–Crippen MR) is 117 cm³/mol. The Hall–Kier alpha value is -2.80. The Labute approximate surface area is 175 Å². The van der Waals surface area contributed by atoms with Crippen LogP contribution in [0.5, 0.6) is 5.75 Å². The topological polar surface area (TPSA) is 69.0 Å². The van der Waals surface area contributed by atoms with E-state index in [2.05, 4.69) is 21.6 Å². The van der Waals surface area contributed by atoms with Crippen molar-refractivity contribution in [2.45, 2.75) is 39.5 Å². The average molecular weight is 411 g/mol. The quantitative estimate of drug-likeness (QED) is 0.586. The van der Waals surface area contributed by atoms with Gasteiger partial charge in [-0.25, -0.2) is 0 Å². The van der Waals surface area contributed by atoms with Gasteiger partial charge in [0.1, 0.15) is 12.4 Å². The first-order valence-electron chi connectivity index (χ1n) is 9.41. The fourth-order valence-corrected chi connectivity index (χ4v) is 3.81. The SMILES string of the molecule is Cc1cc(C)cc(OCc2nnc(SCC(=O)Nc3c(C)cccc3C)n2C)c1. The molecule has 152 valence electrons. The van der Waals surface area contributed by atoms with Crippen LogP contribution in [0.2, 0.25) is 0 Å². The molecule has 0 aliphatic heterocycles. The van der Waals surface area contributed by atoms with E-state index >= 15 is 0 Å². The molecule has 0 saturated carbocycles. The number of aryl methyl sites for hydroxylation is 4. The van der Waals surface area contributed by atoms with E-state index in [1.54, 1.807) is 0 Å². The molecule has 0 saturated heterocycles. The van der Waals surface area contributed by atoms with E-state index in [9.17, 15) is 4.79 Å². The average Bonchev–Trinajstić information content (AvgIpc) is 3.00. The molecule has 1 N–H and O–H groups in total. The maximum absolute atomic E-state index is 12.4. The molecule has 0 spiro atoms. The number of nitrogens with zero attached hydrogens (tertiary/aromatic N) is 3. The van der Waals surface area contributed by atoms with Gasteiger partial charge in [0.15, 0.2) is 11.0 Å². The van der Waals surface area contributed by atoms with E-state index in [4.69, 9.17) is 4.74 Å². The summed E-state index contributed by atoms with van der Waals surface area (Å²) in [5.41, 5.74) is 5.28. The van der Waals surface area contributed by atoms with Gasteiger partial charge in [-0.15, -0.1) is 10.2 Å². The van der Waals surface area contributed by atoms with Gasteiger partial charge in [0, 0.05) is 12.7 Å². The molecule has 1 aromatic heterocycles. The Balaban J connectivity index is 1.57. The van der Waals surface area contributed by atoms with Crippen molar-refractivity contribution in [3.63, 3.8) is 0 Å². The van der Waals surface area contributed by atoms with Gasteiger partial charge in [-0.05, 0) is 62.1 Å². The number of hydrogen-bond acceptors (Lipinski definition) is 5. The highest BCUT2D eigenvalue weighted by Crippen LogP contribution is 2.22. The molecule has 1 heterocycles. The van der Waals surface area contributed by atoms with E-state index < -0.39 is 0 Å². The third-order valence-corrected chi connectivity index (χ3v) is 5.59. The van der Waals surface area contributed by atoms with Crippen molar-refractivity contribution in [3.05, 3.63) is 64.5 Å². The summed E-state index contributed by atoms with van der Waals surface area (Å²) in [4.78, 5) is 12.4. The van der Waals surface area contributed by atoms with Gasteiger partial charge >= 0.3 is 0 Å². The van der Waals surface area contributed by atoms with Crippen LogP contribution in [0.15, 0.2) is 41.6 Å². The first-order valence-corrected chi connectivity index (χ1v) is 10.4. The van der Waals surface area contributed by atoms with Crippen molar-refractivity contribution < 1.29 is 9.53 Å². The molecule has 0 radical (unpaired) electrons. The second-order valence-corrected chi connectivity index (χ2v) is 8.12. The minimum absolute atomic E-state index is 0.0663. The van der Waals surface area contributed by atoms with Crippen LogP contribution < -0.4 is 10.1 Å². The molecule has 0 atom stereocenters. The molecule has 3 rings (SSSR count). The maximum atomic E-state index is 12.4. The largest absolute Gasteiger partial charge is 0.486 e. The Morgan fingerprint density at radius 3 is 2.38 bits per heavy atom. The number of thioether (sulfide) groups is 1. The summed E-state index contributed by atoms with van der Waals surface area (Å²) < 4.78 is 7.73. The molecule has 0 fully saturated rings. The smallest absolute Gasteiger partial charge is 0.234 e. The van der Waals surface area contributed by atoms with Crippen molar-refractivity contribution in [3.8, 4) is 5.75 Å². The van der Waals surface area contributed by atoms with E-state index in [1.807, 2.05) is 69.6 Å². The molecule has 2 aromatic carbocycles. The van der Waals surface area contributed by atoms with Crippen LogP contribution in [0.1, 0.15) is 28.1 Å². The molecule has 7 heteroatoms. The zero-order chi connectivity index (χ0) is 21.0. The first-order chi connectivity index (χ1) is 13.8. The number of benzene rings is 2. The summed E-state index contributed by atoms with van der Waals surface area (Å²) in [6.45, 7) is 8.38. The summed E-state index contributed by atoms with van der Waals surface area (Å²) in [7, 11) is 1.88. The van der Waals surface area contributed by atoms with Gasteiger partial charge in [0.2, 0.25) is 5.91 Å². The highest BCUT2D eigenvalue weighted by molar-refractivity contribution is 7.99. The van der Waals surface area contributed by atoms with Crippen LogP contribution in [-0.2, 0) is 18.4 Å². The summed E-state index contributed by atoms with van der Waals surface area (Å²) in [5, 5.41) is 12.1. The lowest BCUT2D eigenvalue weighted by atomic mass is 10.1. The summed E-state index contributed by atoms with van der Waals surface area (Å²) in [6, 6.07) is 12.1. The van der Waals surface area contributed by atoms with Gasteiger partial charge in [0.25, 0.3) is 0 Å². The number of anilines is 1. The zero-order valence-corrected chi connectivity index (χ0v) is 18.3. The minimum atomic E-state index is -0.0663. The van der Waals surface area contributed by atoms with E-state index in [-0.39, 0.29) is 11.7 Å². The standard InChI is InChI=1S/C22H26N4O2S/c1-14-9-15(2)11-18(10-14)28-12-19-24-25-22(26(19)5)29-13-20(27)23-21-16(3)7-6-8-17(21)4/h6-11H,12-13H2,1-5H3,(H,23,27). The van der Waals surface area contributed by atoms with E-state index in [0.29, 0.717) is 17.6 Å². The molecule has 0 aliphatic rings. The molecular formula is C22H26N4O2S. The monoisotopic (exact) mass is 410 g/mol. The van der Waals surface area contributed by atoms with Crippen molar-refractivity contribution >= 4 is 23.4 Å². The molecule has 6 nitrogen and oxygen atoms in total. The van der Waals surface area contributed by atoms with Gasteiger partial charge < -0.3 is 14.6 Å². The number of ether oxygens (including phenoxy) is 1. The lowest BCUT2D eigenvalue weighted by molar-refractivity contribution is -0.113. The van der Waals surface area contributed by atoms with Crippen LogP contribution in [0.25, 0.3) is 0 Å². The van der Waals surface area contributed by atoms with E-state index in [1.165, 1.54) is 11.8 Å². The summed E-state index contributed by atoms with van der Waals surface area (Å²) >= 11 is 1.36. The van der Waals surface area contributed by atoms with Crippen LogP contribution in [0, 0.1) is 27.7 Å². The van der Waals surface area contributed by atoms with Gasteiger partial charge in [0.05, 0.1) is 5.75 Å². The number of aromatic nitrogens is 3. The predicted octanol–water partition coefficient (Wildman–Crippen LogP) is 4.36. The van der Waals surface area contributed by atoms with Gasteiger partial charge in [-0.1, -0.05) is 36.0 Å². The Morgan fingerprint density at radius 2 is 1.72 bits per heavy atom. The van der Waals surface area contributed by atoms with Crippen LogP contribution in [0.4, 0.5) is 5.69 Å². The normalized spacial score (nSPS) is 10.8. The van der Waals surface area contributed by atoms with Crippen molar-refractivity contribution in [1.82, 2.24) is 14.8 Å². The fourth-order valence-electron chi connectivity index (χ4n) is 3.08. The number of carbonyl (C=O) groups excluding carboxylic acids is 1. The lowest BCUT2D eigenvalue weighted by Gasteiger charge is -2.11. The number of nitrogens with one attached hydrogen (secondary N) is 1. The molecule has 29 heavy (non-hydrogen) atoms. The van der Waals surface area contributed by atoms with E-state index in [0.717, 1.165) is 33.7 Å². The summed E-state index contributed by atoms with van der Waals surface area (Å²) in [6.07, 6.45) is 0. The Bertz CT molecular complexity index is 989. The van der Waals surface area contributed by atoms with Gasteiger partial charge in [-0.2, -0.15) is 0 Å². The molecular weight excluding hydrogens is 384 g/mol. The summed E-state index contributed by atoms with van der Waals surface area (Å²) in [5.74, 6) is 1.72. The third kappa shape index (κ3) is 5.38. The van der Waals surface area contributed by atoms with Crippen molar-refractivity contribution in [2.24, 2.45) is 7.05 Å². The number of para-hydroxylation sites is 1. The fraction of sp³-hybridized carbons (Fsp3) is 0.318. The van der Waals surface area contributed by atoms with Crippen LogP contribution in [0.3, 0.4) is 0 Å². The van der Waals surface area contributed by atoms with Crippen LogP contribution in [-0.4, -0.2) is 26.4 Å². The minimum Gasteiger partial charge on any atom is -0.486 e. The number of hydrogen-bond donors (Lipinski definition) is 1. The third-order valence-electron chi connectivity index (χ3n) is 4.57. The van der Waals surface area contributed by atoms with Gasteiger partial charge in [-0.3, -0.25) is 4.79 Å². The Morgan fingerprint density at radius 1 is 1.07 bits per heavy atom. The molecule has 3 aromatic rings. The van der Waals surface area contributed by atoms with Crippen molar-refractivity contribution in [2.75, 3.05) is 11.1 Å². The second kappa shape index (κ2) is 9.13. The highest BCUT2D eigenvalue weighted by Gasteiger charge is 2.13. The number of rotatable bonds is 7. The van der Waals surface area contributed by atoms with Crippen molar-refractivity contribution in [1.29, 1.82) is 0 Å². The molecule has 0 unspecified atom stereocenters. The second-order valence-electron chi connectivity index (χ2n) is 7.17. The lowest BCUT2D eigenvalue weighted by Crippen LogP contribution is -2.16. The molecule has 1 amide bonds. The maximum Gasteiger partial charge on any atom is 0.234 e. The van der Waals surface area contributed by atoms with Crippen LogP contribution >= 0.6 is 11.8 Å². The molecule has 0 bridgehead atoms. The zero-order valence-electron chi connectivity index (χ0n) is 17.4. The Kier molecular flexibility index (Phi) is 6.59. The highest BCUT2D eigenvalue weighted by atomic mass is 32.2. The number of carbonyl (C=O) groups is 1. The molecule has 0 aliphatic carbocycles. The number of amides is 1. The first kappa shape index (κ1) is 20.9.